The Morgan fingerprint density at radius 3 is 2.55 bits per heavy atom. The number of nitrogens with zero attached hydrogens (tertiary/aromatic N) is 1. The van der Waals surface area contributed by atoms with E-state index in [0.717, 1.165) is 11.1 Å². The van der Waals surface area contributed by atoms with Crippen LogP contribution in [0.2, 0.25) is 0 Å². The second kappa shape index (κ2) is 6.80. The van der Waals surface area contributed by atoms with Gasteiger partial charge in [0, 0.05) is 13.2 Å². The molecule has 0 fully saturated rings. The van der Waals surface area contributed by atoms with E-state index in [1.807, 2.05) is 26.0 Å². The summed E-state index contributed by atoms with van der Waals surface area (Å²) in [7, 11) is 1.75. The molecule has 0 unspecified atom stereocenters. The van der Waals surface area contributed by atoms with Gasteiger partial charge in [-0.1, -0.05) is 6.07 Å². The van der Waals surface area contributed by atoms with Crippen molar-refractivity contribution in [2.45, 2.75) is 13.8 Å². The Hall–Kier alpha value is -2.76. The summed E-state index contributed by atoms with van der Waals surface area (Å²) in [6.07, 6.45) is 1.75. The molecule has 1 aromatic heterocycles. The highest BCUT2D eigenvalue weighted by molar-refractivity contribution is 5.94. The molecule has 0 aliphatic heterocycles. The van der Waals surface area contributed by atoms with E-state index in [-0.39, 0.29) is 12.5 Å². The molecule has 2 aromatic rings. The number of hydrazine groups is 1. The first-order chi connectivity index (χ1) is 10.5. The monoisotopic (exact) mass is 301 g/mol. The number of rotatable bonds is 4. The van der Waals surface area contributed by atoms with E-state index in [1.165, 1.54) is 0 Å². The van der Waals surface area contributed by atoms with E-state index in [1.54, 1.807) is 36.0 Å². The van der Waals surface area contributed by atoms with Gasteiger partial charge < -0.3 is 9.30 Å². The minimum absolute atomic E-state index is 0.171. The number of amides is 2. The third-order valence-corrected chi connectivity index (χ3v) is 3.34. The first-order valence-electron chi connectivity index (χ1n) is 6.88. The molecule has 1 aromatic carbocycles. The number of aromatic nitrogens is 1. The lowest BCUT2D eigenvalue weighted by molar-refractivity contribution is -0.123. The summed E-state index contributed by atoms with van der Waals surface area (Å²) in [5.41, 5.74) is 7.37. The maximum absolute atomic E-state index is 11.8. The molecule has 22 heavy (non-hydrogen) atoms. The molecule has 0 bridgehead atoms. The van der Waals surface area contributed by atoms with Gasteiger partial charge in [-0.3, -0.25) is 20.4 Å². The van der Waals surface area contributed by atoms with Gasteiger partial charge in [-0.05, 0) is 49.2 Å². The number of hydrogen-bond acceptors (Lipinski definition) is 3. The number of carbonyl (C=O) groups is 2. The standard InChI is InChI=1S/C16H19N3O3/c1-11-6-7-13(9-12(11)2)22-10-15(20)17-18-16(21)14-5-4-8-19(14)3/h4-9H,10H2,1-3H3,(H,17,20)(H,18,21). The predicted molar refractivity (Wildman–Crippen MR) is 82.4 cm³/mol. The minimum atomic E-state index is -0.430. The molecule has 6 heteroatoms. The highest BCUT2D eigenvalue weighted by atomic mass is 16.5. The van der Waals surface area contributed by atoms with Gasteiger partial charge in [0.25, 0.3) is 11.8 Å². The van der Waals surface area contributed by atoms with Crippen molar-refractivity contribution in [1.82, 2.24) is 15.4 Å². The highest BCUT2D eigenvalue weighted by Crippen LogP contribution is 2.16. The fourth-order valence-corrected chi connectivity index (χ4v) is 1.88. The summed E-state index contributed by atoms with van der Waals surface area (Å²) in [5.74, 6) is -0.195. The molecule has 0 radical (unpaired) electrons. The smallest absolute Gasteiger partial charge is 0.286 e. The second-order valence-electron chi connectivity index (χ2n) is 5.04. The third-order valence-electron chi connectivity index (χ3n) is 3.34. The van der Waals surface area contributed by atoms with Crippen LogP contribution in [-0.2, 0) is 11.8 Å². The molecule has 0 aliphatic rings. The van der Waals surface area contributed by atoms with E-state index in [0.29, 0.717) is 11.4 Å². The second-order valence-corrected chi connectivity index (χ2v) is 5.04. The van der Waals surface area contributed by atoms with Crippen molar-refractivity contribution in [3.05, 3.63) is 53.3 Å². The minimum Gasteiger partial charge on any atom is -0.484 e. The molecule has 2 amide bonds. The summed E-state index contributed by atoms with van der Waals surface area (Å²) in [5, 5.41) is 0. The Morgan fingerprint density at radius 2 is 1.91 bits per heavy atom. The summed E-state index contributed by atoms with van der Waals surface area (Å²) in [4.78, 5) is 23.5. The van der Waals surface area contributed by atoms with E-state index >= 15 is 0 Å². The van der Waals surface area contributed by atoms with Gasteiger partial charge >= 0.3 is 0 Å². The lowest BCUT2D eigenvalue weighted by Crippen LogP contribution is -2.44. The maximum atomic E-state index is 11.8. The number of carbonyl (C=O) groups excluding carboxylic acids is 2. The first-order valence-corrected chi connectivity index (χ1v) is 6.88. The quantitative estimate of drug-likeness (QED) is 0.840. The van der Waals surface area contributed by atoms with Crippen LogP contribution in [0.5, 0.6) is 5.75 Å². The summed E-state index contributed by atoms with van der Waals surface area (Å²) >= 11 is 0. The molecular weight excluding hydrogens is 282 g/mol. The summed E-state index contributed by atoms with van der Waals surface area (Å²) < 4.78 is 7.04. The topological polar surface area (TPSA) is 72.4 Å². The number of ether oxygens (including phenoxy) is 1. The van der Waals surface area contributed by atoms with Crippen LogP contribution in [0.3, 0.4) is 0 Å². The van der Waals surface area contributed by atoms with Crippen LogP contribution in [0.15, 0.2) is 36.5 Å². The molecule has 0 spiro atoms. The Labute approximate surface area is 129 Å². The van der Waals surface area contributed by atoms with Crippen LogP contribution in [-0.4, -0.2) is 23.0 Å². The molecule has 1 heterocycles. The fourth-order valence-electron chi connectivity index (χ4n) is 1.88. The summed E-state index contributed by atoms with van der Waals surface area (Å²) in [6, 6.07) is 9.01. The number of benzene rings is 1. The highest BCUT2D eigenvalue weighted by Gasteiger charge is 2.10. The molecule has 2 N–H and O–H groups in total. The van der Waals surface area contributed by atoms with Crippen molar-refractivity contribution in [3.8, 4) is 5.75 Å². The van der Waals surface area contributed by atoms with E-state index in [2.05, 4.69) is 10.9 Å². The average Bonchev–Trinajstić information content (AvgIpc) is 2.92. The van der Waals surface area contributed by atoms with Gasteiger partial charge in [0.2, 0.25) is 0 Å². The van der Waals surface area contributed by atoms with Crippen molar-refractivity contribution in [3.63, 3.8) is 0 Å². The first kappa shape index (κ1) is 15.6. The number of aryl methyl sites for hydroxylation is 3. The van der Waals surface area contributed by atoms with E-state index < -0.39 is 5.91 Å². The van der Waals surface area contributed by atoms with Gasteiger partial charge in [0.1, 0.15) is 11.4 Å². The van der Waals surface area contributed by atoms with Crippen molar-refractivity contribution >= 4 is 11.8 Å². The van der Waals surface area contributed by atoms with Crippen LogP contribution in [0.25, 0.3) is 0 Å². The Balaban J connectivity index is 1.79. The van der Waals surface area contributed by atoms with Crippen molar-refractivity contribution in [1.29, 1.82) is 0 Å². The molecule has 116 valence electrons. The number of nitrogens with one attached hydrogen (secondary N) is 2. The Morgan fingerprint density at radius 1 is 1.14 bits per heavy atom. The zero-order chi connectivity index (χ0) is 16.1. The van der Waals surface area contributed by atoms with Crippen molar-refractivity contribution in [2.75, 3.05) is 6.61 Å². The van der Waals surface area contributed by atoms with Crippen LogP contribution < -0.4 is 15.6 Å². The Bertz CT molecular complexity index is 692. The zero-order valence-electron chi connectivity index (χ0n) is 12.8. The van der Waals surface area contributed by atoms with Crippen LogP contribution in [0, 0.1) is 13.8 Å². The lowest BCUT2D eigenvalue weighted by Gasteiger charge is -2.10. The molecule has 6 nitrogen and oxygen atoms in total. The summed E-state index contributed by atoms with van der Waals surface area (Å²) in [6.45, 7) is 3.81. The van der Waals surface area contributed by atoms with Crippen LogP contribution in [0.1, 0.15) is 21.6 Å². The van der Waals surface area contributed by atoms with Crippen LogP contribution in [0.4, 0.5) is 0 Å². The molecule has 2 rings (SSSR count). The predicted octanol–water partition coefficient (Wildman–Crippen LogP) is 1.48. The maximum Gasteiger partial charge on any atom is 0.286 e. The van der Waals surface area contributed by atoms with Gasteiger partial charge in [-0.2, -0.15) is 0 Å². The third kappa shape index (κ3) is 3.88. The SMILES string of the molecule is Cc1ccc(OCC(=O)NNC(=O)c2cccn2C)cc1C. The Kier molecular flexibility index (Phi) is 4.83. The molecule has 0 saturated heterocycles. The van der Waals surface area contributed by atoms with Crippen molar-refractivity contribution in [2.24, 2.45) is 7.05 Å². The van der Waals surface area contributed by atoms with Gasteiger partial charge in [-0.15, -0.1) is 0 Å². The van der Waals surface area contributed by atoms with Gasteiger partial charge in [0.05, 0.1) is 0 Å². The molecular formula is C16H19N3O3. The van der Waals surface area contributed by atoms with E-state index in [4.69, 9.17) is 4.74 Å². The lowest BCUT2D eigenvalue weighted by atomic mass is 10.1. The molecule has 0 atom stereocenters. The van der Waals surface area contributed by atoms with Crippen molar-refractivity contribution < 1.29 is 14.3 Å². The largest absolute Gasteiger partial charge is 0.484 e. The van der Waals surface area contributed by atoms with Gasteiger partial charge in [0.15, 0.2) is 6.61 Å². The van der Waals surface area contributed by atoms with E-state index in [9.17, 15) is 9.59 Å². The normalized spacial score (nSPS) is 10.1. The average molecular weight is 301 g/mol. The van der Waals surface area contributed by atoms with Gasteiger partial charge in [-0.25, -0.2) is 0 Å². The molecule has 0 aliphatic carbocycles. The molecule has 0 saturated carbocycles. The zero-order valence-corrected chi connectivity index (χ0v) is 12.8. The fraction of sp³-hybridized carbons (Fsp3) is 0.250. The van der Waals surface area contributed by atoms with Crippen LogP contribution >= 0.6 is 0 Å². The number of hydrogen-bond donors (Lipinski definition) is 2.